The first-order valence-electron chi connectivity index (χ1n) is 7.86. The Hall–Kier alpha value is -2.42. The van der Waals surface area contributed by atoms with E-state index in [2.05, 4.69) is 15.0 Å². The molecule has 134 valence electrons. The minimum atomic E-state index is -4.53. The van der Waals surface area contributed by atoms with E-state index in [1.165, 1.54) is 7.05 Å². The van der Waals surface area contributed by atoms with E-state index in [0.717, 1.165) is 18.2 Å². The number of aryl methyl sites for hydroxylation is 1. The van der Waals surface area contributed by atoms with Crippen molar-refractivity contribution in [1.82, 2.24) is 24.6 Å². The number of nitrogens with zero attached hydrogens (tertiary/aromatic N) is 5. The van der Waals surface area contributed by atoms with Gasteiger partial charge in [-0.2, -0.15) is 18.3 Å². The van der Waals surface area contributed by atoms with E-state index >= 15 is 0 Å². The summed E-state index contributed by atoms with van der Waals surface area (Å²) in [6.45, 7) is 2.95. The first-order valence-corrected chi connectivity index (χ1v) is 7.86. The molecule has 0 spiro atoms. The number of hydrogen-bond acceptors (Lipinski definition) is 4. The van der Waals surface area contributed by atoms with Crippen molar-refractivity contribution in [1.29, 1.82) is 0 Å². The number of alkyl halides is 3. The Kier molecular flexibility index (Phi) is 4.76. The van der Waals surface area contributed by atoms with E-state index in [-0.39, 0.29) is 5.69 Å². The van der Waals surface area contributed by atoms with Gasteiger partial charge in [-0.1, -0.05) is 6.07 Å². The maximum absolute atomic E-state index is 12.8. The molecule has 1 saturated heterocycles. The summed E-state index contributed by atoms with van der Waals surface area (Å²) < 4.78 is 39.2. The highest BCUT2D eigenvalue weighted by atomic mass is 19.4. The summed E-state index contributed by atoms with van der Waals surface area (Å²) >= 11 is 0. The second-order valence-corrected chi connectivity index (χ2v) is 5.97. The first kappa shape index (κ1) is 17.4. The zero-order valence-corrected chi connectivity index (χ0v) is 13.7. The highest BCUT2D eigenvalue weighted by Crippen LogP contribution is 2.29. The molecule has 0 unspecified atom stereocenters. The van der Waals surface area contributed by atoms with Crippen LogP contribution in [0.2, 0.25) is 0 Å². The normalized spacial score (nSPS) is 16.2. The van der Waals surface area contributed by atoms with Gasteiger partial charge in [0.2, 0.25) is 0 Å². The Morgan fingerprint density at radius 2 is 1.96 bits per heavy atom. The fourth-order valence-corrected chi connectivity index (χ4v) is 2.86. The van der Waals surface area contributed by atoms with E-state index in [9.17, 15) is 18.0 Å². The zero-order chi connectivity index (χ0) is 18.0. The Bertz CT molecular complexity index is 736. The molecule has 1 amide bonds. The maximum Gasteiger partial charge on any atom is 0.433 e. The molecule has 1 aliphatic heterocycles. The molecule has 0 bridgehead atoms. The number of carbonyl (C=O) groups is 1. The van der Waals surface area contributed by atoms with Crippen molar-refractivity contribution >= 4 is 5.91 Å². The fourth-order valence-electron chi connectivity index (χ4n) is 2.86. The van der Waals surface area contributed by atoms with E-state index in [0.29, 0.717) is 30.9 Å². The maximum atomic E-state index is 12.8. The van der Waals surface area contributed by atoms with Crippen LogP contribution in [0.15, 0.2) is 30.6 Å². The van der Waals surface area contributed by atoms with Crippen LogP contribution in [0.25, 0.3) is 0 Å². The average Bonchev–Trinajstić information content (AvgIpc) is 2.98. The first-order chi connectivity index (χ1) is 11.8. The van der Waals surface area contributed by atoms with Gasteiger partial charge in [0.05, 0.1) is 0 Å². The molecule has 6 nitrogen and oxygen atoms in total. The van der Waals surface area contributed by atoms with Crippen LogP contribution in [0.5, 0.6) is 0 Å². The van der Waals surface area contributed by atoms with Gasteiger partial charge in [-0.3, -0.25) is 19.4 Å². The molecule has 9 heteroatoms. The average molecular weight is 353 g/mol. The van der Waals surface area contributed by atoms with Gasteiger partial charge >= 0.3 is 6.18 Å². The lowest BCUT2D eigenvalue weighted by atomic mass is 10.2. The van der Waals surface area contributed by atoms with Crippen molar-refractivity contribution in [3.63, 3.8) is 0 Å². The zero-order valence-electron chi connectivity index (χ0n) is 13.7. The van der Waals surface area contributed by atoms with Gasteiger partial charge in [0.15, 0.2) is 5.69 Å². The highest BCUT2D eigenvalue weighted by Gasteiger charge is 2.36. The summed E-state index contributed by atoms with van der Waals surface area (Å²) in [5.41, 5.74) is -0.0107. The molecule has 0 saturated carbocycles. The molecule has 2 aromatic rings. The number of pyridine rings is 1. The van der Waals surface area contributed by atoms with Crippen LogP contribution in [-0.2, 0) is 19.8 Å². The minimum Gasteiger partial charge on any atom is -0.335 e. The van der Waals surface area contributed by atoms with Gasteiger partial charge in [0.25, 0.3) is 5.91 Å². The van der Waals surface area contributed by atoms with Gasteiger partial charge < -0.3 is 4.90 Å². The van der Waals surface area contributed by atoms with Crippen molar-refractivity contribution in [3.8, 4) is 0 Å². The molecule has 0 aromatic carbocycles. The number of rotatable bonds is 3. The largest absolute Gasteiger partial charge is 0.433 e. The van der Waals surface area contributed by atoms with Gasteiger partial charge in [-0.05, 0) is 11.6 Å². The Morgan fingerprint density at radius 3 is 2.52 bits per heavy atom. The molecule has 3 heterocycles. The smallest absolute Gasteiger partial charge is 0.335 e. The number of amides is 1. The molecular weight excluding hydrogens is 335 g/mol. The highest BCUT2D eigenvalue weighted by molar-refractivity contribution is 5.92. The summed E-state index contributed by atoms with van der Waals surface area (Å²) in [7, 11) is 1.19. The van der Waals surface area contributed by atoms with Crippen LogP contribution in [0, 0.1) is 0 Å². The van der Waals surface area contributed by atoms with Gasteiger partial charge in [-0.15, -0.1) is 0 Å². The molecule has 0 atom stereocenters. The van der Waals surface area contributed by atoms with E-state index in [4.69, 9.17) is 0 Å². The lowest BCUT2D eigenvalue weighted by molar-refractivity contribution is -0.143. The summed E-state index contributed by atoms with van der Waals surface area (Å²) in [4.78, 5) is 20.2. The van der Waals surface area contributed by atoms with Gasteiger partial charge in [0.1, 0.15) is 5.69 Å². The quantitative estimate of drug-likeness (QED) is 0.844. The number of halogens is 3. The van der Waals surface area contributed by atoms with Crippen molar-refractivity contribution < 1.29 is 18.0 Å². The van der Waals surface area contributed by atoms with Crippen LogP contribution in [0.4, 0.5) is 13.2 Å². The molecule has 1 fully saturated rings. The predicted octanol–water partition coefficient (Wildman–Crippen LogP) is 1.79. The summed E-state index contributed by atoms with van der Waals surface area (Å²) in [6.07, 6.45) is -1.02. The summed E-state index contributed by atoms with van der Waals surface area (Å²) in [5.74, 6) is -0.466. The number of piperazine rings is 1. The van der Waals surface area contributed by atoms with E-state index < -0.39 is 17.8 Å². The van der Waals surface area contributed by atoms with Crippen LogP contribution < -0.4 is 0 Å². The van der Waals surface area contributed by atoms with Crippen molar-refractivity contribution in [2.75, 3.05) is 26.2 Å². The lowest BCUT2D eigenvalue weighted by Crippen LogP contribution is -2.48. The van der Waals surface area contributed by atoms with Crippen LogP contribution in [0.3, 0.4) is 0 Å². The minimum absolute atomic E-state index is 0.171. The Labute approximate surface area is 142 Å². The standard InChI is InChI=1S/C16H18F3N5O/c1-22-14(16(17,18)19)9-13(21-22)15(25)24-7-5-23(6-8-24)11-12-3-2-4-20-10-12/h2-4,9-10H,5-8,11H2,1H3. The third-order valence-electron chi connectivity index (χ3n) is 4.18. The Morgan fingerprint density at radius 1 is 1.24 bits per heavy atom. The van der Waals surface area contributed by atoms with Crippen molar-refractivity contribution in [3.05, 3.63) is 47.5 Å². The van der Waals surface area contributed by atoms with Crippen LogP contribution >= 0.6 is 0 Å². The van der Waals surface area contributed by atoms with Gasteiger partial charge in [-0.25, -0.2) is 0 Å². The topological polar surface area (TPSA) is 54.3 Å². The number of carbonyl (C=O) groups excluding carboxylic acids is 1. The molecular formula is C16H18F3N5O. The summed E-state index contributed by atoms with van der Waals surface area (Å²) in [5, 5.41) is 3.72. The molecule has 3 rings (SSSR count). The third-order valence-corrected chi connectivity index (χ3v) is 4.18. The molecule has 0 N–H and O–H groups in total. The molecule has 0 radical (unpaired) electrons. The lowest BCUT2D eigenvalue weighted by Gasteiger charge is -2.34. The van der Waals surface area contributed by atoms with Crippen molar-refractivity contribution in [2.45, 2.75) is 12.7 Å². The van der Waals surface area contributed by atoms with Crippen molar-refractivity contribution in [2.24, 2.45) is 7.05 Å². The third kappa shape index (κ3) is 3.98. The Balaban J connectivity index is 1.60. The molecule has 1 aliphatic rings. The molecule has 25 heavy (non-hydrogen) atoms. The second-order valence-electron chi connectivity index (χ2n) is 5.97. The van der Waals surface area contributed by atoms with Gasteiger partial charge in [0, 0.05) is 58.2 Å². The van der Waals surface area contributed by atoms with Crippen LogP contribution in [0.1, 0.15) is 21.7 Å². The van der Waals surface area contributed by atoms with E-state index in [1.807, 2.05) is 12.1 Å². The fraction of sp³-hybridized carbons (Fsp3) is 0.438. The monoisotopic (exact) mass is 353 g/mol. The number of hydrogen-bond donors (Lipinski definition) is 0. The van der Waals surface area contributed by atoms with Crippen LogP contribution in [-0.4, -0.2) is 56.7 Å². The SMILES string of the molecule is Cn1nc(C(=O)N2CCN(Cc3cccnc3)CC2)cc1C(F)(F)F. The second kappa shape index (κ2) is 6.83. The predicted molar refractivity (Wildman–Crippen MR) is 83.6 cm³/mol. The molecule has 0 aliphatic carbocycles. The molecule has 2 aromatic heterocycles. The summed E-state index contributed by atoms with van der Waals surface area (Å²) in [6, 6.07) is 4.66. The number of aromatic nitrogens is 3. The van der Waals surface area contributed by atoms with E-state index in [1.54, 1.807) is 17.3 Å².